The van der Waals surface area contributed by atoms with Gasteiger partial charge in [-0.25, -0.2) is 8.42 Å². The summed E-state index contributed by atoms with van der Waals surface area (Å²) in [5.74, 6) is -0.0864. The summed E-state index contributed by atoms with van der Waals surface area (Å²) in [6, 6.07) is 8.48. The maximum absolute atomic E-state index is 13.2. The van der Waals surface area contributed by atoms with Crippen LogP contribution in [0.25, 0.3) is 0 Å². The van der Waals surface area contributed by atoms with Gasteiger partial charge in [0.1, 0.15) is 0 Å². The van der Waals surface area contributed by atoms with E-state index in [1.165, 1.54) is 17.3 Å². The van der Waals surface area contributed by atoms with E-state index < -0.39 is 21.8 Å². The Morgan fingerprint density at radius 1 is 1.00 bits per heavy atom. The maximum atomic E-state index is 13.2. The number of sulfonamides is 1. The van der Waals surface area contributed by atoms with Gasteiger partial charge in [-0.3, -0.25) is 4.79 Å². The smallest absolute Gasteiger partial charge is 0.369 e. The number of hydrogen-bond acceptors (Lipinski definition) is 4. The number of carbonyl (C=O) groups is 1. The number of anilines is 2. The lowest BCUT2D eigenvalue weighted by Crippen LogP contribution is -2.48. The number of alkyl halides is 3. The van der Waals surface area contributed by atoms with Gasteiger partial charge in [0, 0.05) is 55.5 Å². The molecule has 0 aliphatic carbocycles. The van der Waals surface area contributed by atoms with Crippen LogP contribution in [-0.4, -0.2) is 51.4 Å². The van der Waals surface area contributed by atoms with Gasteiger partial charge in [-0.2, -0.15) is 17.5 Å². The third kappa shape index (κ3) is 4.38. The molecule has 2 aliphatic heterocycles. The first-order valence-electron chi connectivity index (χ1n) is 10.0. The Balaban J connectivity index is 1.50. The number of nitrogens with zero attached hydrogens (tertiary/aromatic N) is 3. The summed E-state index contributed by atoms with van der Waals surface area (Å²) in [4.78, 5) is 15.2. The van der Waals surface area contributed by atoms with Crippen LogP contribution >= 0.6 is 15.9 Å². The highest BCUT2D eigenvalue weighted by Crippen LogP contribution is 2.35. The van der Waals surface area contributed by atoms with Gasteiger partial charge in [-0.05, 0) is 48.4 Å². The highest BCUT2D eigenvalue weighted by atomic mass is 79.9. The van der Waals surface area contributed by atoms with Gasteiger partial charge in [-0.1, -0.05) is 15.9 Å². The lowest BCUT2D eigenvalue weighted by Gasteiger charge is -2.35. The van der Waals surface area contributed by atoms with Gasteiger partial charge in [0.05, 0.1) is 10.5 Å². The first kappa shape index (κ1) is 23.1. The van der Waals surface area contributed by atoms with E-state index in [1.54, 1.807) is 28.0 Å². The molecule has 1 amide bonds. The molecule has 2 aliphatic rings. The van der Waals surface area contributed by atoms with Gasteiger partial charge in [0.15, 0.2) is 0 Å². The fourth-order valence-corrected chi connectivity index (χ4v) is 6.08. The van der Waals surface area contributed by atoms with E-state index in [4.69, 9.17) is 0 Å². The molecule has 2 heterocycles. The van der Waals surface area contributed by atoms with Crippen molar-refractivity contribution in [2.75, 3.05) is 42.5 Å². The number of hydrogen-bond donors (Lipinski definition) is 0. The Kier molecular flexibility index (Phi) is 6.01. The molecule has 0 atom stereocenters. The van der Waals surface area contributed by atoms with Crippen LogP contribution in [0.5, 0.6) is 0 Å². The normalized spacial score (nSPS) is 17.5. The van der Waals surface area contributed by atoms with Crippen LogP contribution in [0.1, 0.15) is 18.1 Å². The van der Waals surface area contributed by atoms with E-state index in [0.29, 0.717) is 23.1 Å². The second-order valence-electron chi connectivity index (χ2n) is 7.80. The molecule has 0 unspecified atom stereocenters. The minimum absolute atomic E-state index is 0.0864. The number of fused-ring (bicyclic) bond motifs is 1. The molecule has 0 aromatic heterocycles. The molecule has 0 spiro atoms. The molecule has 1 fully saturated rings. The molecule has 32 heavy (non-hydrogen) atoms. The predicted molar refractivity (Wildman–Crippen MR) is 118 cm³/mol. The molecule has 6 nitrogen and oxygen atoms in total. The fraction of sp³-hybridized carbons (Fsp3) is 0.381. The third-order valence-electron chi connectivity index (χ3n) is 5.78. The first-order valence-corrected chi connectivity index (χ1v) is 12.2. The zero-order valence-corrected chi connectivity index (χ0v) is 19.6. The van der Waals surface area contributed by atoms with Crippen molar-refractivity contribution in [3.05, 3.63) is 52.0 Å². The standard InChI is InChI=1S/C21H21BrF3N3O3S/c1-14(29)28-5-4-15-10-19(2-3-20(15)28)32(30,31)27-8-6-26(7-9-27)18-12-16(21(23,24)25)11-17(22)13-18/h2-3,10-13H,4-9H2,1H3. The van der Waals surface area contributed by atoms with Gasteiger partial charge >= 0.3 is 6.18 Å². The third-order valence-corrected chi connectivity index (χ3v) is 8.13. The van der Waals surface area contributed by atoms with Crippen molar-refractivity contribution in [3.63, 3.8) is 0 Å². The predicted octanol–water partition coefficient (Wildman–Crippen LogP) is 3.89. The minimum atomic E-state index is -4.46. The number of halogens is 4. The Hall–Kier alpha value is -2.11. The van der Waals surface area contributed by atoms with E-state index in [0.717, 1.165) is 23.4 Å². The molecular weight excluding hydrogens is 511 g/mol. The Morgan fingerprint density at radius 2 is 1.69 bits per heavy atom. The Labute approximate surface area is 192 Å². The van der Waals surface area contributed by atoms with Gasteiger partial charge in [0.2, 0.25) is 15.9 Å². The Morgan fingerprint density at radius 3 is 2.31 bits per heavy atom. The topological polar surface area (TPSA) is 60.9 Å². The van der Waals surface area contributed by atoms with Crippen molar-refractivity contribution in [2.24, 2.45) is 0 Å². The van der Waals surface area contributed by atoms with Crippen LogP contribution in [0.3, 0.4) is 0 Å². The number of amides is 1. The lowest BCUT2D eigenvalue weighted by molar-refractivity contribution is -0.137. The summed E-state index contributed by atoms with van der Waals surface area (Å²) in [6.45, 7) is 2.87. The Bertz CT molecular complexity index is 1160. The molecule has 172 valence electrons. The molecule has 4 rings (SSSR count). The van der Waals surface area contributed by atoms with Gasteiger partial charge in [-0.15, -0.1) is 0 Å². The zero-order valence-electron chi connectivity index (χ0n) is 17.2. The molecule has 0 radical (unpaired) electrons. The largest absolute Gasteiger partial charge is 0.416 e. The number of carbonyl (C=O) groups excluding carboxylic acids is 1. The van der Waals surface area contributed by atoms with E-state index in [2.05, 4.69) is 15.9 Å². The zero-order chi connectivity index (χ0) is 23.3. The summed E-state index contributed by atoms with van der Waals surface area (Å²) < 4.78 is 67.4. The summed E-state index contributed by atoms with van der Waals surface area (Å²) in [7, 11) is -3.75. The van der Waals surface area contributed by atoms with Crippen LogP contribution in [0.4, 0.5) is 24.5 Å². The summed E-state index contributed by atoms with van der Waals surface area (Å²) >= 11 is 3.13. The number of benzene rings is 2. The van der Waals surface area contributed by atoms with Crippen molar-refractivity contribution >= 4 is 43.2 Å². The number of piperazine rings is 1. The fourth-order valence-electron chi connectivity index (χ4n) is 4.12. The molecule has 11 heteroatoms. The van der Waals surface area contributed by atoms with Crippen LogP contribution in [0, 0.1) is 0 Å². The molecule has 0 N–H and O–H groups in total. The van der Waals surface area contributed by atoms with Crippen LogP contribution < -0.4 is 9.80 Å². The van der Waals surface area contributed by atoms with Crippen molar-refractivity contribution in [1.82, 2.24) is 4.31 Å². The van der Waals surface area contributed by atoms with Crippen molar-refractivity contribution in [2.45, 2.75) is 24.4 Å². The summed E-state index contributed by atoms with van der Waals surface area (Å²) in [5, 5.41) is 0. The molecule has 0 saturated carbocycles. The summed E-state index contributed by atoms with van der Waals surface area (Å²) in [6.07, 6.45) is -3.87. The minimum Gasteiger partial charge on any atom is -0.369 e. The second kappa shape index (κ2) is 8.35. The SMILES string of the molecule is CC(=O)N1CCc2cc(S(=O)(=O)N3CCN(c4cc(Br)cc(C(F)(F)F)c4)CC3)ccc21. The molecule has 2 aromatic rings. The van der Waals surface area contributed by atoms with E-state index >= 15 is 0 Å². The van der Waals surface area contributed by atoms with Crippen molar-refractivity contribution in [1.29, 1.82) is 0 Å². The number of rotatable bonds is 3. The quantitative estimate of drug-likeness (QED) is 0.602. The first-order chi connectivity index (χ1) is 15.0. The molecular formula is C21H21BrF3N3O3S. The van der Waals surface area contributed by atoms with Crippen molar-refractivity contribution < 1.29 is 26.4 Å². The second-order valence-corrected chi connectivity index (χ2v) is 10.7. The highest BCUT2D eigenvalue weighted by molar-refractivity contribution is 9.10. The monoisotopic (exact) mass is 531 g/mol. The average molecular weight is 532 g/mol. The van der Waals surface area contributed by atoms with E-state index in [9.17, 15) is 26.4 Å². The van der Waals surface area contributed by atoms with E-state index in [1.807, 2.05) is 0 Å². The van der Waals surface area contributed by atoms with Gasteiger partial charge in [0.25, 0.3) is 0 Å². The lowest BCUT2D eigenvalue weighted by atomic mass is 10.1. The average Bonchev–Trinajstić information content (AvgIpc) is 3.16. The highest BCUT2D eigenvalue weighted by Gasteiger charge is 2.33. The molecule has 2 aromatic carbocycles. The summed E-state index contributed by atoms with van der Waals surface area (Å²) in [5.41, 5.74) is 1.19. The van der Waals surface area contributed by atoms with E-state index in [-0.39, 0.29) is 37.0 Å². The van der Waals surface area contributed by atoms with Crippen LogP contribution in [-0.2, 0) is 27.4 Å². The van der Waals surface area contributed by atoms with Crippen molar-refractivity contribution in [3.8, 4) is 0 Å². The van der Waals surface area contributed by atoms with Gasteiger partial charge < -0.3 is 9.80 Å². The molecule has 0 bridgehead atoms. The van der Waals surface area contributed by atoms with Crippen LogP contribution in [0.15, 0.2) is 45.8 Å². The maximum Gasteiger partial charge on any atom is 0.416 e. The molecule has 1 saturated heterocycles. The van der Waals surface area contributed by atoms with Crippen LogP contribution in [0.2, 0.25) is 0 Å².